The van der Waals surface area contributed by atoms with Gasteiger partial charge in [0.2, 0.25) is 5.91 Å². The predicted octanol–water partition coefficient (Wildman–Crippen LogP) is 4.33. The van der Waals surface area contributed by atoms with Crippen molar-refractivity contribution in [3.8, 4) is 22.6 Å². The molecule has 1 amide bonds. The van der Waals surface area contributed by atoms with Gasteiger partial charge >= 0.3 is 0 Å². The van der Waals surface area contributed by atoms with E-state index in [9.17, 15) is 9.90 Å². The molecule has 0 fully saturated rings. The molecular weight excluding hydrogens is 428 g/mol. The first-order valence-corrected chi connectivity index (χ1v) is 10.6. The summed E-state index contributed by atoms with van der Waals surface area (Å²) in [5, 5.41) is 13.6. The second-order valence-corrected chi connectivity index (χ2v) is 7.88. The lowest BCUT2D eigenvalue weighted by Crippen LogP contribution is -2.37. The summed E-state index contributed by atoms with van der Waals surface area (Å²) in [6.07, 6.45) is -0.748. The molecule has 168 valence electrons. The number of methoxy groups -OCH3 is 1. The second-order valence-electron chi connectivity index (χ2n) is 7.44. The Morgan fingerprint density at radius 3 is 2.44 bits per heavy atom. The van der Waals surface area contributed by atoms with Crippen LogP contribution in [0.4, 0.5) is 5.69 Å². The molecule has 32 heavy (non-hydrogen) atoms. The van der Waals surface area contributed by atoms with Gasteiger partial charge in [-0.2, -0.15) is 0 Å². The molecule has 0 aliphatic carbocycles. The molecule has 0 radical (unpaired) electrons. The lowest BCUT2D eigenvalue weighted by molar-refractivity contribution is -0.117. The number of nitrogens with one attached hydrogen (secondary N) is 1. The summed E-state index contributed by atoms with van der Waals surface area (Å²) in [5.74, 6) is 0.965. The molecule has 3 aromatic rings. The van der Waals surface area contributed by atoms with Gasteiger partial charge in [-0.25, -0.2) is 0 Å². The number of carbonyl (C=O) groups is 1. The fourth-order valence-electron chi connectivity index (χ4n) is 3.26. The number of hydrogen-bond donors (Lipinski definition) is 2. The van der Waals surface area contributed by atoms with Crippen LogP contribution < -0.4 is 14.8 Å². The summed E-state index contributed by atoms with van der Waals surface area (Å²) in [6, 6.07) is 22.8. The van der Waals surface area contributed by atoms with E-state index in [1.54, 1.807) is 30.1 Å². The minimum atomic E-state index is -0.748. The van der Waals surface area contributed by atoms with Crippen LogP contribution in [0.3, 0.4) is 0 Å². The third-order valence-corrected chi connectivity index (χ3v) is 5.01. The van der Waals surface area contributed by atoms with Gasteiger partial charge in [0.05, 0.1) is 19.3 Å². The highest BCUT2D eigenvalue weighted by molar-refractivity contribution is 6.31. The van der Waals surface area contributed by atoms with Crippen molar-refractivity contribution in [2.75, 3.05) is 39.2 Å². The fourth-order valence-corrected chi connectivity index (χ4v) is 3.43. The van der Waals surface area contributed by atoms with Gasteiger partial charge < -0.3 is 19.9 Å². The summed E-state index contributed by atoms with van der Waals surface area (Å²) in [6.45, 7) is 0.499. The van der Waals surface area contributed by atoms with Gasteiger partial charge in [0.1, 0.15) is 24.2 Å². The van der Waals surface area contributed by atoms with Crippen molar-refractivity contribution in [2.45, 2.75) is 6.10 Å². The van der Waals surface area contributed by atoms with Crippen LogP contribution >= 0.6 is 11.6 Å². The number of nitrogens with zero attached hydrogens (tertiary/aromatic N) is 1. The third kappa shape index (κ3) is 6.99. The average molecular weight is 455 g/mol. The summed E-state index contributed by atoms with van der Waals surface area (Å²) in [5.41, 5.74) is 2.73. The maximum Gasteiger partial charge on any atom is 0.238 e. The second kappa shape index (κ2) is 11.5. The van der Waals surface area contributed by atoms with Gasteiger partial charge in [-0.3, -0.25) is 9.69 Å². The van der Waals surface area contributed by atoms with Crippen molar-refractivity contribution < 1.29 is 19.4 Å². The molecule has 0 bridgehead atoms. The largest absolute Gasteiger partial charge is 0.495 e. The molecule has 0 spiro atoms. The number of amides is 1. The van der Waals surface area contributed by atoms with Gasteiger partial charge in [-0.15, -0.1) is 0 Å². The van der Waals surface area contributed by atoms with E-state index in [2.05, 4.69) is 5.32 Å². The van der Waals surface area contributed by atoms with Crippen molar-refractivity contribution in [3.05, 3.63) is 77.8 Å². The molecule has 6 nitrogen and oxygen atoms in total. The van der Waals surface area contributed by atoms with Crippen LogP contribution in [0.1, 0.15) is 0 Å². The van der Waals surface area contributed by atoms with E-state index >= 15 is 0 Å². The Kier molecular flexibility index (Phi) is 8.50. The van der Waals surface area contributed by atoms with Gasteiger partial charge in [0.25, 0.3) is 0 Å². The van der Waals surface area contributed by atoms with Gasteiger partial charge in [0, 0.05) is 11.6 Å². The fraction of sp³-hybridized carbons (Fsp3) is 0.240. The zero-order valence-electron chi connectivity index (χ0n) is 18.1. The zero-order valence-corrected chi connectivity index (χ0v) is 18.9. The number of carbonyl (C=O) groups excluding carboxylic acids is 1. The van der Waals surface area contributed by atoms with Crippen molar-refractivity contribution >= 4 is 23.2 Å². The summed E-state index contributed by atoms with van der Waals surface area (Å²) < 4.78 is 10.9. The van der Waals surface area contributed by atoms with Crippen LogP contribution in [0, 0.1) is 0 Å². The molecule has 3 rings (SSSR count). The van der Waals surface area contributed by atoms with E-state index in [0.717, 1.165) is 11.1 Å². The number of likely N-dealkylation sites (N-methyl/N-ethyl adjacent to an activating group) is 1. The first-order valence-electron chi connectivity index (χ1n) is 10.2. The Morgan fingerprint density at radius 2 is 1.75 bits per heavy atom. The Balaban J connectivity index is 1.44. The van der Waals surface area contributed by atoms with Crippen molar-refractivity contribution in [3.63, 3.8) is 0 Å². The number of halogens is 1. The molecule has 0 saturated heterocycles. The maximum absolute atomic E-state index is 12.3. The Bertz CT molecular complexity index is 1010. The van der Waals surface area contributed by atoms with Crippen LogP contribution in [-0.4, -0.2) is 55.9 Å². The van der Waals surface area contributed by atoms with E-state index in [0.29, 0.717) is 22.2 Å². The molecule has 1 atom stereocenters. The summed E-state index contributed by atoms with van der Waals surface area (Å²) >= 11 is 5.99. The summed E-state index contributed by atoms with van der Waals surface area (Å²) in [7, 11) is 3.28. The average Bonchev–Trinajstić information content (AvgIpc) is 2.78. The quantitative estimate of drug-likeness (QED) is 0.477. The number of aliphatic hydroxyl groups excluding tert-OH is 1. The zero-order chi connectivity index (χ0) is 22.9. The minimum Gasteiger partial charge on any atom is -0.495 e. The van der Waals surface area contributed by atoms with Crippen LogP contribution in [0.5, 0.6) is 11.5 Å². The normalized spacial score (nSPS) is 11.8. The number of hydrogen-bond acceptors (Lipinski definition) is 5. The molecule has 0 saturated carbocycles. The van der Waals surface area contributed by atoms with E-state index in [4.69, 9.17) is 21.1 Å². The van der Waals surface area contributed by atoms with Gasteiger partial charge in [-0.1, -0.05) is 54.1 Å². The summed E-state index contributed by atoms with van der Waals surface area (Å²) in [4.78, 5) is 14.1. The first-order chi connectivity index (χ1) is 15.4. The number of benzene rings is 3. The molecule has 0 aromatic heterocycles. The maximum atomic E-state index is 12.3. The van der Waals surface area contributed by atoms with Crippen LogP contribution in [0.2, 0.25) is 5.02 Å². The molecule has 0 heterocycles. The third-order valence-electron chi connectivity index (χ3n) is 4.78. The molecule has 0 aliphatic heterocycles. The molecule has 7 heteroatoms. The van der Waals surface area contributed by atoms with E-state index in [-0.39, 0.29) is 25.6 Å². The monoisotopic (exact) mass is 454 g/mol. The number of aliphatic hydroxyl groups is 1. The van der Waals surface area contributed by atoms with Crippen molar-refractivity contribution in [2.24, 2.45) is 0 Å². The number of ether oxygens (including phenoxy) is 2. The first kappa shape index (κ1) is 23.6. The van der Waals surface area contributed by atoms with Crippen LogP contribution in [-0.2, 0) is 4.79 Å². The van der Waals surface area contributed by atoms with Crippen LogP contribution in [0.15, 0.2) is 72.8 Å². The SMILES string of the molecule is COc1ccc(Cl)cc1NC(=O)CN(C)CC(O)COc1ccc(-c2ccccc2)cc1. The lowest BCUT2D eigenvalue weighted by atomic mass is 10.1. The molecule has 3 aromatic carbocycles. The topological polar surface area (TPSA) is 71.0 Å². The Labute approximate surface area is 193 Å². The van der Waals surface area contributed by atoms with Gasteiger partial charge in [-0.05, 0) is 48.5 Å². The standard InChI is InChI=1S/C25H27ClN2O4/c1-28(16-25(30)27-23-14-20(26)10-13-24(23)31-2)15-21(29)17-32-22-11-8-19(9-12-22)18-6-4-3-5-7-18/h3-14,21,29H,15-17H2,1-2H3,(H,27,30). The van der Waals surface area contributed by atoms with E-state index in [1.165, 1.54) is 7.11 Å². The van der Waals surface area contributed by atoms with Gasteiger partial charge in [0.15, 0.2) is 0 Å². The molecule has 0 aliphatic rings. The number of rotatable bonds is 10. The predicted molar refractivity (Wildman–Crippen MR) is 128 cm³/mol. The smallest absolute Gasteiger partial charge is 0.238 e. The van der Waals surface area contributed by atoms with Crippen molar-refractivity contribution in [1.82, 2.24) is 4.90 Å². The highest BCUT2D eigenvalue weighted by atomic mass is 35.5. The van der Waals surface area contributed by atoms with E-state index in [1.807, 2.05) is 54.6 Å². The number of anilines is 1. The van der Waals surface area contributed by atoms with Crippen LogP contribution in [0.25, 0.3) is 11.1 Å². The molecular formula is C25H27ClN2O4. The Morgan fingerprint density at radius 1 is 1.06 bits per heavy atom. The van der Waals surface area contributed by atoms with E-state index < -0.39 is 6.10 Å². The highest BCUT2D eigenvalue weighted by Crippen LogP contribution is 2.27. The molecule has 1 unspecified atom stereocenters. The molecule has 2 N–H and O–H groups in total. The lowest BCUT2D eigenvalue weighted by Gasteiger charge is -2.20. The minimum absolute atomic E-state index is 0.0957. The highest BCUT2D eigenvalue weighted by Gasteiger charge is 2.14. The van der Waals surface area contributed by atoms with Crippen molar-refractivity contribution in [1.29, 1.82) is 0 Å². The Hall–Kier alpha value is -3.06.